The number of carbonyl (C=O) groups excluding carboxylic acids is 2. The number of halogens is 1. The average molecular weight is 447 g/mol. The van der Waals surface area contributed by atoms with Gasteiger partial charge in [0.25, 0.3) is 5.91 Å². The highest BCUT2D eigenvalue weighted by Gasteiger charge is 2.47. The number of aryl methyl sites for hydroxylation is 1. The lowest BCUT2D eigenvalue weighted by Crippen LogP contribution is -2.42. The number of hydrazone groups is 1. The fourth-order valence-electron chi connectivity index (χ4n) is 3.75. The maximum atomic E-state index is 13.2. The zero-order chi connectivity index (χ0) is 23.4. The third-order valence-corrected chi connectivity index (χ3v) is 5.43. The lowest BCUT2D eigenvalue weighted by Gasteiger charge is -2.15. The molecule has 0 aliphatic carbocycles. The molecular weight excluding hydrogens is 421 g/mol. The Bertz CT molecular complexity index is 1170. The van der Waals surface area contributed by atoms with E-state index in [2.05, 4.69) is 10.7 Å². The fraction of sp³-hybridized carbons (Fsp3) is 0.192. The van der Waals surface area contributed by atoms with Gasteiger partial charge in [0.15, 0.2) is 6.04 Å². The molecule has 6 nitrogen and oxygen atoms in total. The van der Waals surface area contributed by atoms with Gasteiger partial charge >= 0.3 is 5.91 Å². The number of hydrazine groups is 1. The average Bonchev–Trinajstić information content (AvgIpc) is 3.10. The van der Waals surface area contributed by atoms with Crippen LogP contribution in [0.3, 0.4) is 0 Å². The topological polar surface area (TPSA) is 70.4 Å². The highest BCUT2D eigenvalue weighted by Crippen LogP contribution is 2.26. The van der Waals surface area contributed by atoms with E-state index in [0.717, 1.165) is 22.4 Å². The largest absolute Gasteiger partial charge is 0.494 e. The zero-order valence-electron chi connectivity index (χ0n) is 18.4. The number of benzene rings is 3. The second kappa shape index (κ2) is 9.65. The minimum Gasteiger partial charge on any atom is -0.494 e. The normalized spacial score (nSPS) is 18.8. The van der Waals surface area contributed by atoms with Crippen LogP contribution in [0.5, 0.6) is 5.75 Å². The smallest absolute Gasteiger partial charge is 0.304 e. The van der Waals surface area contributed by atoms with Crippen molar-refractivity contribution < 1.29 is 23.4 Å². The molecular formula is C26H25FN3O3+. The molecule has 1 fully saturated rings. The summed E-state index contributed by atoms with van der Waals surface area (Å²) in [6.07, 6.45) is 1.82. The number of amides is 2. The molecule has 2 atom stereocenters. The van der Waals surface area contributed by atoms with Crippen molar-refractivity contribution in [3.63, 3.8) is 0 Å². The number of nitrogens with one attached hydrogen (secondary N) is 2. The predicted octanol–water partition coefficient (Wildman–Crippen LogP) is 3.55. The molecule has 33 heavy (non-hydrogen) atoms. The molecule has 2 N–H and O–H groups in total. The molecule has 0 spiro atoms. The first-order valence-electron chi connectivity index (χ1n) is 10.7. The van der Waals surface area contributed by atoms with E-state index < -0.39 is 23.8 Å². The number of ether oxygens (including phenoxy) is 1. The number of nitrogens with zero attached hydrogens (tertiary/aromatic N) is 1. The first kappa shape index (κ1) is 22.2. The molecule has 3 aromatic carbocycles. The van der Waals surface area contributed by atoms with Gasteiger partial charge < -0.3 is 10.1 Å². The van der Waals surface area contributed by atoms with Gasteiger partial charge in [0.2, 0.25) is 12.3 Å². The highest BCUT2D eigenvalue weighted by atomic mass is 19.1. The van der Waals surface area contributed by atoms with Crippen molar-refractivity contribution in [1.29, 1.82) is 0 Å². The third kappa shape index (κ3) is 5.09. The molecule has 0 radical (unpaired) electrons. The van der Waals surface area contributed by atoms with Gasteiger partial charge in [-0.2, -0.15) is 0 Å². The van der Waals surface area contributed by atoms with Gasteiger partial charge in [-0.05, 0) is 62.4 Å². The van der Waals surface area contributed by atoms with Gasteiger partial charge in [-0.1, -0.05) is 29.8 Å². The maximum absolute atomic E-state index is 13.2. The van der Waals surface area contributed by atoms with Gasteiger partial charge in [-0.3, -0.25) is 9.59 Å². The van der Waals surface area contributed by atoms with Crippen LogP contribution in [-0.4, -0.2) is 35.4 Å². The van der Waals surface area contributed by atoms with E-state index in [1.54, 1.807) is 4.68 Å². The van der Waals surface area contributed by atoms with E-state index in [0.29, 0.717) is 6.61 Å². The highest BCUT2D eigenvalue weighted by molar-refractivity contribution is 5.98. The molecule has 0 bridgehead atoms. The number of hydrogen-bond donors (Lipinski definition) is 2. The summed E-state index contributed by atoms with van der Waals surface area (Å²) >= 11 is 0. The minimum atomic E-state index is -0.843. The molecule has 2 amide bonds. The lowest BCUT2D eigenvalue weighted by molar-refractivity contribution is -0.596. The molecule has 4 rings (SSSR count). The summed E-state index contributed by atoms with van der Waals surface area (Å²) in [5.41, 5.74) is 5.95. The number of carbonyl (C=O) groups is 2. The second-order valence-corrected chi connectivity index (χ2v) is 7.83. The van der Waals surface area contributed by atoms with Crippen LogP contribution in [0.4, 0.5) is 4.39 Å². The molecule has 168 valence electrons. The summed E-state index contributed by atoms with van der Waals surface area (Å²) < 4.78 is 20.4. The van der Waals surface area contributed by atoms with Crippen molar-refractivity contribution in [2.75, 3.05) is 6.61 Å². The van der Waals surface area contributed by atoms with Crippen molar-refractivity contribution in [2.24, 2.45) is 0 Å². The zero-order valence-corrected chi connectivity index (χ0v) is 18.4. The van der Waals surface area contributed by atoms with Crippen LogP contribution < -0.4 is 15.5 Å². The van der Waals surface area contributed by atoms with Crippen LogP contribution in [0.2, 0.25) is 0 Å². The van der Waals surface area contributed by atoms with Crippen LogP contribution in [0, 0.1) is 12.7 Å². The number of rotatable bonds is 6. The van der Waals surface area contributed by atoms with E-state index >= 15 is 0 Å². The quantitative estimate of drug-likeness (QED) is 0.569. The summed E-state index contributed by atoms with van der Waals surface area (Å²) in [4.78, 5) is 25.7. The van der Waals surface area contributed by atoms with Crippen molar-refractivity contribution in [2.45, 2.75) is 25.9 Å². The maximum Gasteiger partial charge on any atom is 0.304 e. The van der Waals surface area contributed by atoms with Crippen LogP contribution in [0.25, 0.3) is 0 Å². The molecule has 3 aromatic rings. The van der Waals surface area contributed by atoms with Gasteiger partial charge in [0.1, 0.15) is 11.6 Å². The monoisotopic (exact) mass is 446 g/mol. The van der Waals surface area contributed by atoms with E-state index in [4.69, 9.17) is 4.74 Å². The Morgan fingerprint density at radius 2 is 1.73 bits per heavy atom. The SMILES string of the molecule is CCOc1ccc(/C=[N+]2\NC(=O)[C@@H](NC(=O)c3ccc(F)cc3)[C@H]2c2ccc(C)cc2)cc1. The molecule has 1 aliphatic rings. The molecule has 1 aliphatic heterocycles. The van der Waals surface area contributed by atoms with Crippen LogP contribution in [-0.2, 0) is 4.79 Å². The van der Waals surface area contributed by atoms with Crippen molar-refractivity contribution >= 4 is 18.0 Å². The minimum absolute atomic E-state index is 0.279. The van der Waals surface area contributed by atoms with Crippen LogP contribution >= 0.6 is 0 Å². The lowest BCUT2D eigenvalue weighted by atomic mass is 9.98. The Morgan fingerprint density at radius 3 is 2.36 bits per heavy atom. The Kier molecular flexibility index (Phi) is 6.49. The van der Waals surface area contributed by atoms with E-state index in [9.17, 15) is 14.0 Å². The fourth-order valence-corrected chi connectivity index (χ4v) is 3.75. The summed E-state index contributed by atoms with van der Waals surface area (Å²) in [7, 11) is 0. The van der Waals surface area contributed by atoms with Gasteiger partial charge in [0.05, 0.1) is 6.61 Å². The summed E-state index contributed by atoms with van der Waals surface area (Å²) in [6.45, 7) is 4.49. The van der Waals surface area contributed by atoms with Gasteiger partial charge in [0, 0.05) is 16.7 Å². The molecule has 0 unspecified atom stereocenters. The van der Waals surface area contributed by atoms with Crippen molar-refractivity contribution in [1.82, 2.24) is 10.7 Å². The Hall–Kier alpha value is -4.00. The second-order valence-electron chi connectivity index (χ2n) is 7.83. The predicted molar refractivity (Wildman–Crippen MR) is 123 cm³/mol. The summed E-state index contributed by atoms with van der Waals surface area (Å²) in [5.74, 6) is -0.452. The summed E-state index contributed by atoms with van der Waals surface area (Å²) in [6, 6.07) is 19.2. The molecule has 1 saturated heterocycles. The van der Waals surface area contributed by atoms with E-state index in [1.165, 1.54) is 24.3 Å². The molecule has 7 heteroatoms. The van der Waals surface area contributed by atoms with Crippen molar-refractivity contribution in [3.05, 3.63) is 101 Å². The first-order valence-corrected chi connectivity index (χ1v) is 10.7. The Balaban J connectivity index is 1.66. The van der Waals surface area contributed by atoms with Crippen LogP contribution in [0.1, 0.15) is 40.0 Å². The molecule has 0 aromatic heterocycles. The Morgan fingerprint density at radius 1 is 1.06 bits per heavy atom. The Labute approximate surface area is 191 Å². The number of hydrogen-bond acceptors (Lipinski definition) is 3. The molecule has 1 heterocycles. The van der Waals surface area contributed by atoms with Crippen molar-refractivity contribution in [3.8, 4) is 5.75 Å². The first-order chi connectivity index (χ1) is 15.9. The van der Waals surface area contributed by atoms with Crippen LogP contribution in [0.15, 0.2) is 72.8 Å². The third-order valence-electron chi connectivity index (χ3n) is 5.43. The van der Waals surface area contributed by atoms with Gasteiger partial charge in [-0.25, -0.2) is 4.39 Å². The van der Waals surface area contributed by atoms with E-state index in [1.807, 2.05) is 68.6 Å². The standard InChI is InChI=1S/C26H24FN3O3/c1-3-33-22-14-6-18(7-15-22)16-30-24(19-8-4-17(2)5-9-19)23(26(32)29-30)28-25(31)20-10-12-21(27)13-11-20/h4-16,23-24H,3H2,1-2H3,(H-,28,29,31,32)/p+1/b30-16-/t23-,24+/m0/s1. The summed E-state index contributed by atoms with van der Waals surface area (Å²) in [5, 5.41) is 2.81. The van der Waals surface area contributed by atoms with E-state index in [-0.39, 0.29) is 11.5 Å². The molecule has 0 saturated carbocycles. The van der Waals surface area contributed by atoms with Gasteiger partial charge in [-0.15, -0.1) is 10.1 Å².